The number of carbonyl (C=O) groups is 1. The zero-order chi connectivity index (χ0) is 16.5. The first-order valence-electron chi connectivity index (χ1n) is 8.31. The van der Waals surface area contributed by atoms with Crippen LogP contribution in [0.25, 0.3) is 10.9 Å². The van der Waals surface area contributed by atoms with Gasteiger partial charge in [-0.3, -0.25) is 14.8 Å². The normalized spacial score (nSPS) is 21.2. The number of nitrogens with zero attached hydrogens (tertiary/aromatic N) is 4. The highest BCUT2D eigenvalue weighted by Gasteiger charge is 2.27. The van der Waals surface area contributed by atoms with Gasteiger partial charge in [0.25, 0.3) is 5.91 Å². The van der Waals surface area contributed by atoms with E-state index < -0.39 is 0 Å². The van der Waals surface area contributed by atoms with E-state index in [1.165, 1.54) is 0 Å². The van der Waals surface area contributed by atoms with Crippen LogP contribution < -0.4 is 0 Å². The van der Waals surface area contributed by atoms with Crippen molar-refractivity contribution < 1.29 is 4.79 Å². The van der Waals surface area contributed by atoms with Crippen LogP contribution in [-0.2, 0) is 0 Å². The average Bonchev–Trinajstić information content (AvgIpc) is 3.07. The number of rotatable bonds is 1. The number of piperazine rings is 1. The van der Waals surface area contributed by atoms with Crippen molar-refractivity contribution in [1.82, 2.24) is 14.8 Å². The Bertz CT molecular complexity index is 793. The van der Waals surface area contributed by atoms with Crippen molar-refractivity contribution in [3.8, 4) is 0 Å². The summed E-state index contributed by atoms with van der Waals surface area (Å²) in [5, 5.41) is 2.64. The number of pyridine rings is 1. The fraction of sp³-hybridized carbons (Fsp3) is 0.389. The van der Waals surface area contributed by atoms with Gasteiger partial charge < -0.3 is 9.80 Å². The largest absolute Gasteiger partial charge is 0.348 e. The Morgan fingerprint density at radius 1 is 1.17 bits per heavy atom. The molecule has 4 rings (SSSR count). The summed E-state index contributed by atoms with van der Waals surface area (Å²) in [6.07, 6.45) is 1.76. The fourth-order valence-corrected chi connectivity index (χ4v) is 4.19. The van der Waals surface area contributed by atoms with Gasteiger partial charge in [0, 0.05) is 48.6 Å². The maximum atomic E-state index is 12.9. The van der Waals surface area contributed by atoms with E-state index >= 15 is 0 Å². The van der Waals surface area contributed by atoms with E-state index in [2.05, 4.69) is 21.8 Å². The third kappa shape index (κ3) is 2.86. The van der Waals surface area contributed by atoms with Crippen molar-refractivity contribution in [3.63, 3.8) is 0 Å². The molecule has 0 spiro atoms. The summed E-state index contributed by atoms with van der Waals surface area (Å²) in [6.45, 7) is 6.30. The molecule has 2 aliphatic rings. The summed E-state index contributed by atoms with van der Waals surface area (Å²) in [5.74, 6) is 0.0997. The maximum absolute atomic E-state index is 12.9. The van der Waals surface area contributed by atoms with Gasteiger partial charge in [-0.05, 0) is 18.2 Å². The molecule has 2 aromatic rings. The van der Waals surface area contributed by atoms with Crippen molar-refractivity contribution in [3.05, 3.63) is 42.1 Å². The molecule has 1 unspecified atom stereocenters. The molecule has 124 valence electrons. The number of amidine groups is 1. The first-order valence-corrected chi connectivity index (χ1v) is 9.19. The fourth-order valence-electron chi connectivity index (χ4n) is 3.20. The summed E-state index contributed by atoms with van der Waals surface area (Å²) in [7, 11) is 0. The number of hydrogen-bond donors (Lipinski definition) is 0. The van der Waals surface area contributed by atoms with Crippen LogP contribution in [0.4, 0.5) is 0 Å². The molecule has 0 saturated carbocycles. The molecule has 3 heterocycles. The summed E-state index contributed by atoms with van der Waals surface area (Å²) >= 11 is 1.84. The first kappa shape index (κ1) is 15.4. The number of carbonyl (C=O) groups excluding carboxylic acids is 1. The number of amides is 1. The molecular weight excluding hydrogens is 320 g/mol. The molecule has 24 heavy (non-hydrogen) atoms. The average molecular weight is 340 g/mol. The van der Waals surface area contributed by atoms with Crippen LogP contribution in [0.5, 0.6) is 0 Å². The standard InChI is InChI=1S/C18H20N4OS/c1-13-12-20-18(24-13)22-10-8-21(9-11-22)17(23)15-4-2-6-16-14(15)5-3-7-19-16/h2-7,13H,8-12H2,1H3. The van der Waals surface area contributed by atoms with Gasteiger partial charge in [0.2, 0.25) is 0 Å². The maximum Gasteiger partial charge on any atom is 0.254 e. The van der Waals surface area contributed by atoms with Crippen molar-refractivity contribution in [2.45, 2.75) is 12.2 Å². The van der Waals surface area contributed by atoms with E-state index in [0.29, 0.717) is 5.25 Å². The Kier molecular flexibility index (Phi) is 4.14. The Morgan fingerprint density at radius 3 is 2.75 bits per heavy atom. The van der Waals surface area contributed by atoms with Crippen LogP contribution in [0, 0.1) is 0 Å². The Morgan fingerprint density at radius 2 is 2.00 bits per heavy atom. The Labute approximate surface area is 145 Å². The lowest BCUT2D eigenvalue weighted by atomic mass is 10.1. The second-order valence-corrected chi connectivity index (χ2v) is 7.61. The zero-order valence-electron chi connectivity index (χ0n) is 13.7. The van der Waals surface area contributed by atoms with Gasteiger partial charge in [0.1, 0.15) is 0 Å². The van der Waals surface area contributed by atoms with Crippen molar-refractivity contribution in [1.29, 1.82) is 0 Å². The van der Waals surface area contributed by atoms with Crippen molar-refractivity contribution in [2.24, 2.45) is 4.99 Å². The minimum absolute atomic E-state index is 0.0997. The third-order valence-electron chi connectivity index (χ3n) is 4.50. The molecule has 0 N–H and O–H groups in total. The number of aliphatic imine (C=N–C) groups is 1. The summed E-state index contributed by atoms with van der Waals surface area (Å²) in [6, 6.07) is 9.60. The minimum atomic E-state index is 0.0997. The monoisotopic (exact) mass is 340 g/mol. The van der Waals surface area contributed by atoms with E-state index in [1.807, 2.05) is 47.0 Å². The topological polar surface area (TPSA) is 48.8 Å². The van der Waals surface area contributed by atoms with Crippen LogP contribution in [-0.4, -0.2) is 63.8 Å². The molecule has 1 aromatic heterocycles. The molecule has 1 fully saturated rings. The lowest BCUT2D eigenvalue weighted by molar-refractivity contribution is 0.0695. The van der Waals surface area contributed by atoms with E-state index in [0.717, 1.165) is 54.4 Å². The second kappa shape index (κ2) is 6.43. The van der Waals surface area contributed by atoms with Gasteiger partial charge in [-0.25, -0.2) is 0 Å². The van der Waals surface area contributed by atoms with E-state index in [1.54, 1.807) is 6.20 Å². The molecule has 0 aliphatic carbocycles. The SMILES string of the molecule is CC1CN=C(N2CCN(C(=O)c3cccc4ncccc34)CC2)S1. The van der Waals surface area contributed by atoms with Gasteiger partial charge in [-0.1, -0.05) is 30.8 Å². The minimum Gasteiger partial charge on any atom is -0.348 e. The lowest BCUT2D eigenvalue weighted by Crippen LogP contribution is -2.49. The lowest BCUT2D eigenvalue weighted by Gasteiger charge is -2.35. The smallest absolute Gasteiger partial charge is 0.254 e. The molecule has 1 atom stereocenters. The molecule has 6 heteroatoms. The summed E-state index contributed by atoms with van der Waals surface area (Å²) in [5.41, 5.74) is 1.61. The van der Waals surface area contributed by atoms with Gasteiger partial charge >= 0.3 is 0 Å². The van der Waals surface area contributed by atoms with Gasteiger partial charge in [0.15, 0.2) is 5.17 Å². The predicted octanol–water partition coefficient (Wildman–Crippen LogP) is 2.48. The van der Waals surface area contributed by atoms with Gasteiger partial charge in [0.05, 0.1) is 12.1 Å². The van der Waals surface area contributed by atoms with E-state index in [-0.39, 0.29) is 5.91 Å². The Hall–Kier alpha value is -2.08. The summed E-state index contributed by atoms with van der Waals surface area (Å²) < 4.78 is 0. The van der Waals surface area contributed by atoms with Crippen LogP contribution >= 0.6 is 11.8 Å². The first-order chi connectivity index (χ1) is 11.7. The van der Waals surface area contributed by atoms with Crippen molar-refractivity contribution in [2.75, 3.05) is 32.7 Å². The molecular formula is C18H20N4OS. The van der Waals surface area contributed by atoms with Crippen molar-refractivity contribution >= 4 is 33.7 Å². The Balaban J connectivity index is 1.48. The molecule has 1 saturated heterocycles. The number of thioether (sulfide) groups is 1. The number of hydrogen-bond acceptors (Lipinski definition) is 5. The third-order valence-corrected chi connectivity index (χ3v) is 5.65. The highest BCUT2D eigenvalue weighted by atomic mass is 32.2. The second-order valence-electron chi connectivity index (χ2n) is 6.21. The predicted molar refractivity (Wildman–Crippen MR) is 98.6 cm³/mol. The highest BCUT2D eigenvalue weighted by Crippen LogP contribution is 2.24. The number of fused-ring (bicyclic) bond motifs is 1. The molecule has 1 amide bonds. The van der Waals surface area contributed by atoms with Crippen LogP contribution in [0.3, 0.4) is 0 Å². The summed E-state index contributed by atoms with van der Waals surface area (Å²) in [4.78, 5) is 26.1. The molecule has 0 bridgehead atoms. The molecule has 1 aromatic carbocycles. The highest BCUT2D eigenvalue weighted by molar-refractivity contribution is 8.14. The van der Waals surface area contributed by atoms with Crippen LogP contribution in [0.15, 0.2) is 41.5 Å². The molecule has 5 nitrogen and oxygen atoms in total. The number of benzene rings is 1. The van der Waals surface area contributed by atoms with E-state index in [9.17, 15) is 4.79 Å². The molecule has 2 aliphatic heterocycles. The number of aromatic nitrogens is 1. The zero-order valence-corrected chi connectivity index (χ0v) is 14.5. The molecule has 0 radical (unpaired) electrons. The van der Waals surface area contributed by atoms with Gasteiger partial charge in [-0.15, -0.1) is 0 Å². The van der Waals surface area contributed by atoms with E-state index in [4.69, 9.17) is 0 Å². The van der Waals surface area contributed by atoms with Crippen LogP contribution in [0.2, 0.25) is 0 Å². The quantitative estimate of drug-likeness (QED) is 0.800. The van der Waals surface area contributed by atoms with Crippen LogP contribution in [0.1, 0.15) is 17.3 Å². The van der Waals surface area contributed by atoms with Gasteiger partial charge in [-0.2, -0.15) is 0 Å².